The minimum absolute atomic E-state index is 0.0977. The molecule has 0 spiro atoms. The van der Waals surface area contributed by atoms with E-state index in [9.17, 15) is 4.79 Å². The van der Waals surface area contributed by atoms with Gasteiger partial charge in [-0.15, -0.1) is 0 Å². The van der Waals surface area contributed by atoms with Crippen LogP contribution in [0.4, 0.5) is 0 Å². The van der Waals surface area contributed by atoms with Crippen LogP contribution < -0.4 is 0 Å². The van der Waals surface area contributed by atoms with Gasteiger partial charge in [0.2, 0.25) is 0 Å². The van der Waals surface area contributed by atoms with Crippen molar-refractivity contribution in [3.05, 3.63) is 10.4 Å². The van der Waals surface area contributed by atoms with Crippen molar-refractivity contribution < 1.29 is 14.3 Å². The Kier molecular flexibility index (Phi) is 12.2. The maximum absolute atomic E-state index is 11.0. The number of nitrogens with zero attached hydrogens (tertiary/aromatic N) is 3. The van der Waals surface area contributed by atoms with Gasteiger partial charge in [-0.05, 0) is 37.6 Å². The predicted octanol–water partition coefficient (Wildman–Crippen LogP) is 5.70. The number of hydrogen-bond acceptors (Lipinski definition) is 4. The molecule has 1 aliphatic rings. The van der Waals surface area contributed by atoms with Crippen LogP contribution in [-0.4, -0.2) is 31.3 Å². The van der Waals surface area contributed by atoms with Crippen molar-refractivity contribution in [2.24, 2.45) is 5.11 Å². The first-order valence-corrected chi connectivity index (χ1v) is 9.97. The van der Waals surface area contributed by atoms with Gasteiger partial charge >= 0.3 is 5.97 Å². The number of hydrogen-bond donors (Lipinski definition) is 0. The monoisotopic (exact) mass is 353 g/mol. The summed E-state index contributed by atoms with van der Waals surface area (Å²) >= 11 is 0. The molecule has 0 aromatic carbocycles. The highest BCUT2D eigenvalue weighted by atomic mass is 16.6. The molecule has 3 atom stereocenters. The lowest BCUT2D eigenvalue weighted by molar-refractivity contribution is -0.140. The van der Waals surface area contributed by atoms with Gasteiger partial charge < -0.3 is 9.47 Å². The molecule has 0 saturated carbocycles. The highest BCUT2D eigenvalue weighted by Crippen LogP contribution is 2.32. The Bertz CT molecular complexity index is 411. The summed E-state index contributed by atoms with van der Waals surface area (Å²) in [6.45, 7) is 2.22. The van der Waals surface area contributed by atoms with Crippen molar-refractivity contribution in [1.82, 2.24) is 0 Å². The fourth-order valence-corrected chi connectivity index (χ4v) is 3.25. The molecule has 1 heterocycles. The van der Waals surface area contributed by atoms with Crippen LogP contribution in [-0.2, 0) is 14.3 Å². The Morgan fingerprint density at radius 3 is 2.52 bits per heavy atom. The van der Waals surface area contributed by atoms with Crippen molar-refractivity contribution in [1.29, 1.82) is 0 Å². The second-order valence-corrected chi connectivity index (χ2v) is 7.03. The van der Waals surface area contributed by atoms with E-state index in [0.29, 0.717) is 18.6 Å². The molecule has 1 rings (SSSR count). The van der Waals surface area contributed by atoms with Crippen LogP contribution >= 0.6 is 0 Å². The zero-order valence-corrected chi connectivity index (χ0v) is 16.0. The molecular weight excluding hydrogens is 318 g/mol. The molecule has 1 fully saturated rings. The average molecular weight is 354 g/mol. The largest absolute Gasteiger partial charge is 0.469 e. The second-order valence-electron chi connectivity index (χ2n) is 7.03. The highest BCUT2D eigenvalue weighted by molar-refractivity contribution is 5.68. The van der Waals surface area contributed by atoms with E-state index < -0.39 is 0 Å². The second kappa shape index (κ2) is 14.0. The van der Waals surface area contributed by atoms with Gasteiger partial charge in [-0.3, -0.25) is 4.79 Å². The van der Waals surface area contributed by atoms with E-state index in [1.807, 2.05) is 0 Å². The van der Waals surface area contributed by atoms with Crippen LogP contribution in [0.25, 0.3) is 10.4 Å². The standard InChI is InChI=1S/C19H35N3O3/c1-3-4-8-12-17-18(25-17)15-14-16(21-22-20)11-9-6-5-7-10-13-19(23)24-2/h16-18H,3-15H2,1-2H3/t16?,17-,18+/m1/s1. The van der Waals surface area contributed by atoms with E-state index in [1.165, 1.54) is 32.8 Å². The van der Waals surface area contributed by atoms with Crippen LogP contribution in [0.15, 0.2) is 5.11 Å². The minimum Gasteiger partial charge on any atom is -0.469 e. The maximum atomic E-state index is 11.0. The number of methoxy groups -OCH3 is 1. The molecule has 6 heteroatoms. The number of esters is 1. The lowest BCUT2D eigenvalue weighted by atomic mass is 10.0. The Morgan fingerprint density at radius 1 is 1.08 bits per heavy atom. The van der Waals surface area contributed by atoms with E-state index in [1.54, 1.807) is 0 Å². The molecule has 1 saturated heterocycles. The summed E-state index contributed by atoms with van der Waals surface area (Å²) in [5.74, 6) is -0.126. The summed E-state index contributed by atoms with van der Waals surface area (Å²) in [7, 11) is 1.43. The van der Waals surface area contributed by atoms with Crippen molar-refractivity contribution in [3.63, 3.8) is 0 Å². The van der Waals surface area contributed by atoms with E-state index >= 15 is 0 Å². The van der Waals surface area contributed by atoms with Gasteiger partial charge in [0.25, 0.3) is 0 Å². The summed E-state index contributed by atoms with van der Waals surface area (Å²) < 4.78 is 10.3. The summed E-state index contributed by atoms with van der Waals surface area (Å²) in [6.07, 6.45) is 14.5. The van der Waals surface area contributed by atoms with Gasteiger partial charge in [0.15, 0.2) is 0 Å². The molecule has 0 aromatic heterocycles. The zero-order chi connectivity index (χ0) is 18.3. The van der Waals surface area contributed by atoms with Crippen molar-refractivity contribution in [3.8, 4) is 0 Å². The molecular formula is C19H35N3O3. The predicted molar refractivity (Wildman–Crippen MR) is 99.3 cm³/mol. The number of unbranched alkanes of at least 4 members (excludes halogenated alkanes) is 6. The molecule has 1 aliphatic heterocycles. The van der Waals surface area contributed by atoms with Gasteiger partial charge in [0, 0.05) is 17.4 Å². The number of carbonyl (C=O) groups excluding carboxylic acids is 1. The van der Waals surface area contributed by atoms with Crippen LogP contribution in [0.1, 0.15) is 90.4 Å². The maximum Gasteiger partial charge on any atom is 0.305 e. The Labute approximate surface area is 152 Å². The Hall–Kier alpha value is -1.26. The van der Waals surface area contributed by atoms with Gasteiger partial charge in [0.05, 0.1) is 19.3 Å². The molecule has 0 aromatic rings. The summed E-state index contributed by atoms with van der Waals surface area (Å²) in [5, 5.41) is 3.96. The third-order valence-corrected chi connectivity index (χ3v) is 4.93. The van der Waals surface area contributed by atoms with Crippen LogP contribution in [0.2, 0.25) is 0 Å². The lowest BCUT2D eigenvalue weighted by Gasteiger charge is -2.10. The van der Waals surface area contributed by atoms with Gasteiger partial charge in [-0.2, -0.15) is 0 Å². The molecule has 144 valence electrons. The average Bonchev–Trinajstić information content (AvgIpc) is 3.37. The van der Waals surface area contributed by atoms with E-state index in [2.05, 4.69) is 21.7 Å². The third-order valence-electron chi connectivity index (χ3n) is 4.93. The third kappa shape index (κ3) is 11.1. The smallest absolute Gasteiger partial charge is 0.305 e. The fourth-order valence-electron chi connectivity index (χ4n) is 3.25. The number of ether oxygens (including phenoxy) is 2. The summed E-state index contributed by atoms with van der Waals surface area (Å²) in [6, 6.07) is 0.0977. The first-order chi connectivity index (χ1) is 12.2. The van der Waals surface area contributed by atoms with Crippen molar-refractivity contribution in [2.75, 3.05) is 7.11 Å². The number of rotatable bonds is 16. The van der Waals surface area contributed by atoms with Crippen LogP contribution in [0.3, 0.4) is 0 Å². The first-order valence-electron chi connectivity index (χ1n) is 9.97. The summed E-state index contributed by atoms with van der Waals surface area (Å²) in [5.41, 5.74) is 8.74. The SMILES string of the molecule is CCCCC[C@H]1O[C@H]1CCC(CCCCCCCC(=O)OC)N=[N+]=[N-]. The van der Waals surface area contributed by atoms with Crippen LogP contribution in [0, 0.1) is 0 Å². The van der Waals surface area contributed by atoms with Gasteiger partial charge in [0.1, 0.15) is 0 Å². The van der Waals surface area contributed by atoms with Gasteiger partial charge in [-0.25, -0.2) is 0 Å². The highest BCUT2D eigenvalue weighted by Gasteiger charge is 2.37. The van der Waals surface area contributed by atoms with E-state index in [4.69, 9.17) is 10.3 Å². The van der Waals surface area contributed by atoms with Crippen LogP contribution in [0.5, 0.6) is 0 Å². The molecule has 0 amide bonds. The van der Waals surface area contributed by atoms with Gasteiger partial charge in [-0.1, -0.05) is 57.0 Å². The topological polar surface area (TPSA) is 87.6 Å². The van der Waals surface area contributed by atoms with E-state index in [-0.39, 0.29) is 12.0 Å². The molecule has 0 N–H and O–H groups in total. The first kappa shape index (κ1) is 21.8. The Balaban J connectivity index is 2.03. The zero-order valence-electron chi connectivity index (χ0n) is 16.0. The summed E-state index contributed by atoms with van der Waals surface area (Å²) in [4.78, 5) is 14.0. The number of epoxide rings is 1. The fraction of sp³-hybridized carbons (Fsp3) is 0.947. The minimum atomic E-state index is -0.126. The Morgan fingerprint density at radius 2 is 1.80 bits per heavy atom. The van der Waals surface area contributed by atoms with Crippen molar-refractivity contribution >= 4 is 5.97 Å². The molecule has 1 unspecified atom stereocenters. The molecule has 0 bridgehead atoms. The van der Waals surface area contributed by atoms with E-state index in [0.717, 1.165) is 51.4 Å². The number of carbonyl (C=O) groups is 1. The normalized spacial score (nSPS) is 19.9. The van der Waals surface area contributed by atoms with Crippen molar-refractivity contribution in [2.45, 2.75) is 109 Å². The number of azide groups is 1. The molecule has 0 radical (unpaired) electrons. The molecule has 0 aliphatic carbocycles. The molecule has 6 nitrogen and oxygen atoms in total. The lowest BCUT2D eigenvalue weighted by Crippen LogP contribution is -2.06. The quantitative estimate of drug-likeness (QED) is 0.0890. The molecule has 25 heavy (non-hydrogen) atoms.